The maximum absolute atomic E-state index is 12.9. The van der Waals surface area contributed by atoms with Gasteiger partial charge >= 0.3 is 0 Å². The average Bonchev–Trinajstić information content (AvgIpc) is 2.68. The quantitative estimate of drug-likeness (QED) is 0.809. The van der Waals surface area contributed by atoms with Gasteiger partial charge < -0.3 is 4.90 Å². The van der Waals surface area contributed by atoms with Crippen molar-refractivity contribution in [1.82, 2.24) is 4.90 Å². The highest BCUT2D eigenvalue weighted by atomic mass is 32.2. The lowest BCUT2D eigenvalue weighted by atomic mass is 10.1. The summed E-state index contributed by atoms with van der Waals surface area (Å²) in [7, 11) is -3.36. The lowest BCUT2D eigenvalue weighted by Crippen LogP contribution is -2.40. The van der Waals surface area contributed by atoms with Crippen LogP contribution in [0.15, 0.2) is 53.4 Å². The molecule has 0 saturated carbocycles. The molecule has 0 aliphatic carbocycles. The normalized spacial score (nSPS) is 16.3. The highest BCUT2D eigenvalue weighted by molar-refractivity contribution is 7.92. The summed E-state index contributed by atoms with van der Waals surface area (Å²) < 4.78 is 38.5. The maximum Gasteiger partial charge on any atom is 0.181 e. The zero-order valence-corrected chi connectivity index (χ0v) is 15.3. The molecule has 1 heterocycles. The van der Waals surface area contributed by atoms with Crippen molar-refractivity contribution >= 4 is 9.84 Å². The summed E-state index contributed by atoms with van der Waals surface area (Å²) in [4.78, 5) is 2.55. The predicted molar refractivity (Wildman–Crippen MR) is 97.9 cm³/mol. The Bertz CT molecular complexity index is 879. The molecule has 0 spiro atoms. The Morgan fingerprint density at radius 3 is 2.23 bits per heavy atom. The molecule has 1 saturated heterocycles. The number of likely N-dealkylation sites (tertiary alicyclic amines) is 1. The number of benzene rings is 2. The Hall–Kier alpha value is -2.23. The van der Waals surface area contributed by atoms with Gasteiger partial charge in [0.2, 0.25) is 0 Å². The van der Waals surface area contributed by atoms with Crippen molar-refractivity contribution in [3.63, 3.8) is 0 Å². The number of halogens is 1. The van der Waals surface area contributed by atoms with E-state index in [2.05, 4.69) is 4.90 Å². The molecular formula is C20H21FN2O2S. The van der Waals surface area contributed by atoms with E-state index in [4.69, 9.17) is 5.26 Å². The van der Waals surface area contributed by atoms with Crippen LogP contribution >= 0.6 is 0 Å². The summed E-state index contributed by atoms with van der Waals surface area (Å²) in [5.41, 5.74) is 1.54. The first kappa shape index (κ1) is 18.6. The first-order chi connectivity index (χ1) is 12.5. The van der Waals surface area contributed by atoms with Crippen LogP contribution in [0.2, 0.25) is 0 Å². The molecule has 136 valence electrons. The minimum absolute atomic E-state index is 0.234. The van der Waals surface area contributed by atoms with E-state index in [1.807, 2.05) is 6.07 Å². The predicted octanol–water partition coefficient (Wildman–Crippen LogP) is 3.18. The Labute approximate surface area is 153 Å². The molecule has 2 aromatic rings. The van der Waals surface area contributed by atoms with Gasteiger partial charge in [0.25, 0.3) is 0 Å². The zero-order chi connectivity index (χ0) is 18.6. The number of sulfone groups is 1. The molecule has 0 bridgehead atoms. The number of hydrogen-bond donors (Lipinski definition) is 0. The lowest BCUT2D eigenvalue weighted by molar-refractivity contribution is 0.232. The second-order valence-corrected chi connectivity index (χ2v) is 8.83. The van der Waals surface area contributed by atoms with Crippen LogP contribution in [0.25, 0.3) is 0 Å². The minimum Gasteiger partial charge on any atom is -0.303 e. The summed E-state index contributed by atoms with van der Waals surface area (Å²) in [6.07, 6.45) is 2.03. The molecule has 1 aliphatic heterocycles. The standard InChI is InChI=1S/C20H21FN2O2S/c21-18-5-1-16(2-6-18)9-12-23-13-10-20(11-14-23)26(24,25)19-7-3-17(15-22)4-8-19/h1-8,20H,9-14H2. The Kier molecular flexibility index (Phi) is 5.70. The Balaban J connectivity index is 1.55. The van der Waals surface area contributed by atoms with Gasteiger partial charge in [0.1, 0.15) is 5.82 Å². The van der Waals surface area contributed by atoms with E-state index in [-0.39, 0.29) is 11.1 Å². The second kappa shape index (κ2) is 7.98. The van der Waals surface area contributed by atoms with Crippen LogP contribution in [0.5, 0.6) is 0 Å². The van der Waals surface area contributed by atoms with Crippen LogP contribution in [0, 0.1) is 17.1 Å². The molecule has 0 radical (unpaired) electrons. The minimum atomic E-state index is -3.36. The molecule has 3 rings (SSSR count). The van der Waals surface area contributed by atoms with Crippen molar-refractivity contribution in [3.05, 3.63) is 65.5 Å². The molecule has 2 aromatic carbocycles. The van der Waals surface area contributed by atoms with Crippen LogP contribution in [0.3, 0.4) is 0 Å². The zero-order valence-electron chi connectivity index (χ0n) is 14.4. The first-order valence-electron chi connectivity index (χ1n) is 8.70. The van der Waals surface area contributed by atoms with Crippen molar-refractivity contribution in [2.45, 2.75) is 29.4 Å². The highest BCUT2D eigenvalue weighted by Gasteiger charge is 2.31. The number of nitriles is 1. The summed E-state index contributed by atoms with van der Waals surface area (Å²) in [5, 5.41) is 8.45. The van der Waals surface area contributed by atoms with E-state index in [0.717, 1.165) is 31.6 Å². The fraction of sp³-hybridized carbons (Fsp3) is 0.350. The van der Waals surface area contributed by atoms with Gasteiger partial charge in [0, 0.05) is 6.54 Å². The molecule has 4 nitrogen and oxygen atoms in total. The number of piperidine rings is 1. The van der Waals surface area contributed by atoms with Crippen LogP contribution in [0.4, 0.5) is 4.39 Å². The third-order valence-corrected chi connectivity index (χ3v) is 7.19. The number of hydrogen-bond acceptors (Lipinski definition) is 4. The van der Waals surface area contributed by atoms with Gasteiger partial charge in [-0.15, -0.1) is 0 Å². The van der Waals surface area contributed by atoms with Gasteiger partial charge in [-0.2, -0.15) is 5.26 Å². The van der Waals surface area contributed by atoms with Crippen LogP contribution in [-0.4, -0.2) is 38.2 Å². The summed E-state index contributed by atoms with van der Waals surface area (Å²) >= 11 is 0. The van der Waals surface area contributed by atoms with E-state index < -0.39 is 9.84 Å². The summed E-state index contributed by atoms with van der Waals surface area (Å²) in [5.74, 6) is -0.234. The van der Waals surface area contributed by atoms with Crippen molar-refractivity contribution in [2.24, 2.45) is 0 Å². The molecule has 26 heavy (non-hydrogen) atoms. The summed E-state index contributed by atoms with van der Waals surface area (Å²) in [6, 6.07) is 14.6. The van der Waals surface area contributed by atoms with E-state index in [1.54, 1.807) is 24.3 Å². The maximum atomic E-state index is 12.9. The molecule has 0 unspecified atom stereocenters. The molecule has 0 N–H and O–H groups in total. The van der Waals surface area contributed by atoms with Gasteiger partial charge in [0.05, 0.1) is 21.8 Å². The largest absolute Gasteiger partial charge is 0.303 e. The fourth-order valence-electron chi connectivity index (χ4n) is 3.29. The molecule has 0 amide bonds. The first-order valence-corrected chi connectivity index (χ1v) is 10.2. The van der Waals surface area contributed by atoms with E-state index >= 15 is 0 Å². The van der Waals surface area contributed by atoms with Gasteiger partial charge in [-0.1, -0.05) is 12.1 Å². The Morgan fingerprint density at radius 2 is 1.65 bits per heavy atom. The van der Waals surface area contributed by atoms with E-state index in [9.17, 15) is 12.8 Å². The average molecular weight is 372 g/mol. The monoisotopic (exact) mass is 372 g/mol. The van der Waals surface area contributed by atoms with Crippen LogP contribution in [0.1, 0.15) is 24.0 Å². The van der Waals surface area contributed by atoms with E-state index in [0.29, 0.717) is 23.3 Å². The third kappa shape index (κ3) is 4.29. The molecule has 0 aromatic heterocycles. The molecule has 1 aliphatic rings. The fourth-order valence-corrected chi connectivity index (χ4v) is 5.02. The molecule has 0 atom stereocenters. The molecule has 1 fully saturated rings. The van der Waals surface area contributed by atoms with Crippen LogP contribution < -0.4 is 0 Å². The van der Waals surface area contributed by atoms with Crippen molar-refractivity contribution < 1.29 is 12.8 Å². The van der Waals surface area contributed by atoms with Gasteiger partial charge in [-0.3, -0.25) is 0 Å². The van der Waals surface area contributed by atoms with Gasteiger partial charge in [0.15, 0.2) is 9.84 Å². The van der Waals surface area contributed by atoms with Crippen molar-refractivity contribution in [1.29, 1.82) is 5.26 Å². The third-order valence-electron chi connectivity index (χ3n) is 4.92. The topological polar surface area (TPSA) is 61.2 Å². The number of rotatable bonds is 5. The lowest BCUT2D eigenvalue weighted by Gasteiger charge is -2.31. The SMILES string of the molecule is N#Cc1ccc(S(=O)(=O)C2CCN(CCc3ccc(F)cc3)CC2)cc1. The van der Waals surface area contributed by atoms with Gasteiger partial charge in [-0.25, -0.2) is 12.8 Å². The van der Waals surface area contributed by atoms with Crippen LogP contribution in [-0.2, 0) is 16.3 Å². The Morgan fingerprint density at radius 1 is 1.04 bits per heavy atom. The smallest absolute Gasteiger partial charge is 0.181 e. The van der Waals surface area contributed by atoms with Crippen molar-refractivity contribution in [2.75, 3.05) is 19.6 Å². The van der Waals surface area contributed by atoms with E-state index in [1.165, 1.54) is 24.3 Å². The molecule has 6 heteroatoms. The number of nitrogens with zero attached hydrogens (tertiary/aromatic N) is 2. The highest BCUT2D eigenvalue weighted by Crippen LogP contribution is 2.25. The van der Waals surface area contributed by atoms with Gasteiger partial charge in [-0.05, 0) is 74.3 Å². The summed E-state index contributed by atoms with van der Waals surface area (Å²) in [6.45, 7) is 2.32. The second-order valence-electron chi connectivity index (χ2n) is 6.60. The molecular weight excluding hydrogens is 351 g/mol. The van der Waals surface area contributed by atoms with Crippen molar-refractivity contribution in [3.8, 4) is 6.07 Å².